The molecule has 2 aromatic carbocycles. The summed E-state index contributed by atoms with van der Waals surface area (Å²) < 4.78 is 6.79. The zero-order valence-corrected chi connectivity index (χ0v) is 10.9. The molecule has 0 saturated carbocycles. The molecule has 0 amide bonds. The van der Waals surface area contributed by atoms with E-state index in [2.05, 4.69) is 10.3 Å². The van der Waals surface area contributed by atoms with Gasteiger partial charge in [-0.25, -0.2) is 4.68 Å². The maximum absolute atomic E-state index is 9.28. The molecule has 3 rings (SSSR count). The van der Waals surface area contributed by atoms with Crippen LogP contribution >= 0.6 is 0 Å². The van der Waals surface area contributed by atoms with Crippen LogP contribution in [-0.2, 0) is 0 Å². The van der Waals surface area contributed by atoms with Crippen molar-refractivity contribution in [1.29, 1.82) is 0 Å². The molecule has 0 fully saturated rings. The van der Waals surface area contributed by atoms with E-state index in [0.717, 1.165) is 22.7 Å². The molecule has 5 heteroatoms. The Balaban J connectivity index is 1.91. The average molecular weight is 267 g/mol. The van der Waals surface area contributed by atoms with E-state index in [9.17, 15) is 5.11 Å². The third kappa shape index (κ3) is 2.33. The van der Waals surface area contributed by atoms with E-state index in [0.29, 0.717) is 0 Å². The zero-order chi connectivity index (χ0) is 13.9. The quantitative estimate of drug-likeness (QED) is 0.792. The molecule has 0 aliphatic heterocycles. The lowest BCUT2D eigenvalue weighted by molar-refractivity contribution is 0.415. The van der Waals surface area contributed by atoms with Gasteiger partial charge >= 0.3 is 0 Å². The summed E-state index contributed by atoms with van der Waals surface area (Å²) in [6.45, 7) is 0. The summed E-state index contributed by atoms with van der Waals surface area (Å²) in [6, 6.07) is 14.4. The van der Waals surface area contributed by atoms with Gasteiger partial charge in [0.1, 0.15) is 17.2 Å². The van der Waals surface area contributed by atoms with Gasteiger partial charge < -0.3 is 9.84 Å². The lowest BCUT2D eigenvalue weighted by atomic mass is 10.1. The van der Waals surface area contributed by atoms with Gasteiger partial charge in [0.05, 0.1) is 19.0 Å². The maximum atomic E-state index is 9.28. The predicted octanol–water partition coefficient (Wildman–Crippen LogP) is 2.65. The summed E-state index contributed by atoms with van der Waals surface area (Å²) in [5.41, 5.74) is 2.59. The first-order chi connectivity index (χ1) is 9.76. The van der Waals surface area contributed by atoms with Crippen LogP contribution in [0.2, 0.25) is 0 Å². The van der Waals surface area contributed by atoms with Gasteiger partial charge in [0.25, 0.3) is 0 Å². The molecule has 1 heterocycles. The largest absolute Gasteiger partial charge is 0.508 e. The van der Waals surface area contributed by atoms with E-state index in [4.69, 9.17) is 4.74 Å². The van der Waals surface area contributed by atoms with Crippen LogP contribution in [0.4, 0.5) is 0 Å². The first-order valence-electron chi connectivity index (χ1n) is 6.12. The van der Waals surface area contributed by atoms with Gasteiger partial charge in [-0.3, -0.25) is 0 Å². The fourth-order valence-corrected chi connectivity index (χ4v) is 1.89. The molecule has 20 heavy (non-hydrogen) atoms. The van der Waals surface area contributed by atoms with Gasteiger partial charge in [0, 0.05) is 5.56 Å². The SMILES string of the molecule is COc1ccc(-c2cn(-c3ccc(O)cc3)nn2)cc1. The highest BCUT2D eigenvalue weighted by Crippen LogP contribution is 2.21. The Kier molecular flexibility index (Phi) is 3.09. The second-order valence-electron chi connectivity index (χ2n) is 4.29. The molecule has 3 aromatic rings. The van der Waals surface area contributed by atoms with Crippen molar-refractivity contribution in [1.82, 2.24) is 15.0 Å². The molecule has 1 N–H and O–H groups in total. The van der Waals surface area contributed by atoms with E-state index in [1.165, 1.54) is 0 Å². The number of ether oxygens (including phenoxy) is 1. The number of benzene rings is 2. The number of rotatable bonds is 3. The number of phenolic OH excluding ortho intramolecular Hbond substituents is 1. The Morgan fingerprint density at radius 1 is 1.00 bits per heavy atom. The highest BCUT2D eigenvalue weighted by molar-refractivity contribution is 5.59. The molecule has 100 valence electrons. The zero-order valence-electron chi connectivity index (χ0n) is 10.9. The summed E-state index contributed by atoms with van der Waals surface area (Å²) in [7, 11) is 1.64. The number of aromatic hydroxyl groups is 1. The normalized spacial score (nSPS) is 10.4. The summed E-state index contributed by atoms with van der Waals surface area (Å²) in [5, 5.41) is 17.5. The third-order valence-corrected chi connectivity index (χ3v) is 2.99. The van der Waals surface area contributed by atoms with Crippen LogP contribution in [0.1, 0.15) is 0 Å². The predicted molar refractivity (Wildman–Crippen MR) is 75.0 cm³/mol. The summed E-state index contributed by atoms with van der Waals surface area (Å²) in [5.74, 6) is 1.03. The third-order valence-electron chi connectivity index (χ3n) is 2.99. The maximum Gasteiger partial charge on any atom is 0.118 e. The number of nitrogens with zero attached hydrogens (tertiary/aromatic N) is 3. The minimum Gasteiger partial charge on any atom is -0.508 e. The number of hydrogen-bond donors (Lipinski definition) is 1. The number of hydrogen-bond acceptors (Lipinski definition) is 4. The van der Waals surface area contributed by atoms with Gasteiger partial charge in [0.2, 0.25) is 0 Å². The van der Waals surface area contributed by atoms with Crippen molar-refractivity contribution in [2.75, 3.05) is 7.11 Å². The second-order valence-corrected chi connectivity index (χ2v) is 4.29. The van der Waals surface area contributed by atoms with Crippen LogP contribution in [0.5, 0.6) is 11.5 Å². The summed E-state index contributed by atoms with van der Waals surface area (Å²) in [6.07, 6.45) is 1.84. The topological polar surface area (TPSA) is 60.2 Å². The van der Waals surface area contributed by atoms with Crippen LogP contribution in [0.25, 0.3) is 16.9 Å². The smallest absolute Gasteiger partial charge is 0.118 e. The molecule has 0 aliphatic rings. The van der Waals surface area contributed by atoms with Gasteiger partial charge in [-0.05, 0) is 48.5 Å². The lowest BCUT2D eigenvalue weighted by Gasteiger charge is -2.00. The first kappa shape index (κ1) is 12.2. The minimum absolute atomic E-state index is 0.226. The molecule has 5 nitrogen and oxygen atoms in total. The van der Waals surface area contributed by atoms with Crippen LogP contribution in [0.3, 0.4) is 0 Å². The van der Waals surface area contributed by atoms with Gasteiger partial charge in [-0.2, -0.15) is 0 Å². The van der Waals surface area contributed by atoms with Crippen molar-refractivity contribution in [3.63, 3.8) is 0 Å². The van der Waals surface area contributed by atoms with Crippen LogP contribution in [-0.4, -0.2) is 27.2 Å². The highest BCUT2D eigenvalue weighted by atomic mass is 16.5. The van der Waals surface area contributed by atoms with Gasteiger partial charge in [0.15, 0.2) is 0 Å². The van der Waals surface area contributed by atoms with E-state index in [1.54, 1.807) is 36.1 Å². The average Bonchev–Trinajstić information content (AvgIpc) is 2.98. The van der Waals surface area contributed by atoms with Crippen molar-refractivity contribution in [3.8, 4) is 28.4 Å². The molecule has 0 aliphatic carbocycles. The van der Waals surface area contributed by atoms with E-state index < -0.39 is 0 Å². The van der Waals surface area contributed by atoms with Crippen molar-refractivity contribution in [3.05, 3.63) is 54.7 Å². The van der Waals surface area contributed by atoms with E-state index >= 15 is 0 Å². The fraction of sp³-hybridized carbons (Fsp3) is 0.0667. The molecule has 0 saturated heterocycles. The first-order valence-corrected chi connectivity index (χ1v) is 6.12. The standard InChI is InChI=1S/C15H13N3O2/c1-20-14-8-2-11(3-9-14)15-10-18(17-16-15)12-4-6-13(19)7-5-12/h2-10,19H,1H3. The van der Waals surface area contributed by atoms with E-state index in [-0.39, 0.29) is 5.75 Å². The number of phenols is 1. The van der Waals surface area contributed by atoms with Crippen molar-refractivity contribution < 1.29 is 9.84 Å². The number of aromatic nitrogens is 3. The Morgan fingerprint density at radius 2 is 1.70 bits per heavy atom. The van der Waals surface area contributed by atoms with Crippen molar-refractivity contribution >= 4 is 0 Å². The van der Waals surface area contributed by atoms with Crippen LogP contribution in [0.15, 0.2) is 54.7 Å². The molecule has 0 spiro atoms. The molecule has 0 unspecified atom stereocenters. The molecular formula is C15H13N3O2. The van der Waals surface area contributed by atoms with Gasteiger partial charge in [-0.15, -0.1) is 5.10 Å². The fourth-order valence-electron chi connectivity index (χ4n) is 1.89. The Bertz CT molecular complexity index is 703. The Labute approximate surface area is 116 Å². The number of methoxy groups -OCH3 is 1. The highest BCUT2D eigenvalue weighted by Gasteiger charge is 2.05. The van der Waals surface area contributed by atoms with Crippen molar-refractivity contribution in [2.24, 2.45) is 0 Å². The van der Waals surface area contributed by atoms with E-state index in [1.807, 2.05) is 30.5 Å². The minimum atomic E-state index is 0.226. The van der Waals surface area contributed by atoms with Crippen LogP contribution < -0.4 is 4.74 Å². The molecule has 0 radical (unpaired) electrons. The monoisotopic (exact) mass is 267 g/mol. The van der Waals surface area contributed by atoms with Gasteiger partial charge in [-0.1, -0.05) is 5.21 Å². The molecule has 0 atom stereocenters. The molecule has 1 aromatic heterocycles. The van der Waals surface area contributed by atoms with Crippen LogP contribution in [0, 0.1) is 0 Å². The molecule has 0 bridgehead atoms. The summed E-state index contributed by atoms with van der Waals surface area (Å²) >= 11 is 0. The Hall–Kier alpha value is -2.82. The lowest BCUT2D eigenvalue weighted by Crippen LogP contribution is -1.93. The Morgan fingerprint density at radius 3 is 2.35 bits per heavy atom. The van der Waals surface area contributed by atoms with Crippen molar-refractivity contribution in [2.45, 2.75) is 0 Å². The second kappa shape index (κ2) is 5.05. The molecular weight excluding hydrogens is 254 g/mol. The summed E-state index contributed by atoms with van der Waals surface area (Å²) in [4.78, 5) is 0.